The number of rotatable bonds is 5. The minimum Gasteiger partial charge on any atom is -0.357 e. The highest BCUT2D eigenvalue weighted by atomic mass is 35.5. The molecule has 1 aliphatic heterocycles. The van der Waals surface area contributed by atoms with Crippen LogP contribution in [0.2, 0.25) is 5.02 Å². The number of para-hydroxylation sites is 2. The largest absolute Gasteiger partial charge is 0.357 e. The lowest BCUT2D eigenvalue weighted by Crippen LogP contribution is -2.41. The summed E-state index contributed by atoms with van der Waals surface area (Å²) in [6, 6.07) is 25.0. The summed E-state index contributed by atoms with van der Waals surface area (Å²) in [6.45, 7) is 4.69. The first-order valence-electron chi connectivity index (χ1n) is 12.3. The third-order valence-corrected chi connectivity index (χ3v) is 7.24. The molecule has 0 bridgehead atoms. The molecule has 0 radical (unpaired) electrons. The molecular formula is C30H30ClN3O2. The number of amides is 1. The Labute approximate surface area is 217 Å². The summed E-state index contributed by atoms with van der Waals surface area (Å²) in [4.78, 5) is 29.0. The predicted octanol–water partition coefficient (Wildman–Crippen LogP) is 6.27. The molecule has 1 atom stereocenters. The molecule has 0 fully saturated rings. The molecular weight excluding hydrogens is 470 g/mol. The van der Waals surface area contributed by atoms with Gasteiger partial charge in [0.05, 0.1) is 24.0 Å². The average Bonchev–Trinajstić information content (AvgIpc) is 2.98. The molecule has 1 unspecified atom stereocenters. The monoisotopic (exact) mass is 499 g/mol. The first-order chi connectivity index (χ1) is 17.3. The number of allylic oxidation sites excluding steroid dienone is 1. The maximum atomic E-state index is 13.7. The van der Waals surface area contributed by atoms with Crippen molar-refractivity contribution in [3.8, 4) is 0 Å². The summed E-state index contributed by atoms with van der Waals surface area (Å²) in [5, 5.41) is 7.22. The first kappa shape index (κ1) is 24.1. The third-order valence-electron chi connectivity index (χ3n) is 6.87. The molecule has 0 saturated carbocycles. The van der Waals surface area contributed by atoms with E-state index >= 15 is 0 Å². The summed E-state index contributed by atoms with van der Waals surface area (Å²) in [6.07, 6.45) is 1.23. The number of carbonyl (C=O) groups excluding carboxylic acids is 2. The van der Waals surface area contributed by atoms with E-state index in [0.717, 1.165) is 40.2 Å². The van der Waals surface area contributed by atoms with Crippen LogP contribution in [0.5, 0.6) is 0 Å². The molecule has 2 aliphatic rings. The van der Waals surface area contributed by atoms with Crippen LogP contribution in [0.15, 0.2) is 90.1 Å². The zero-order valence-corrected chi connectivity index (χ0v) is 21.3. The zero-order chi connectivity index (χ0) is 25.3. The molecule has 5 rings (SSSR count). The van der Waals surface area contributed by atoms with Crippen LogP contribution in [0.3, 0.4) is 0 Å². The number of hydrogen-bond acceptors (Lipinski definition) is 4. The minimum absolute atomic E-state index is 0.0934. The topological polar surface area (TPSA) is 61.4 Å². The molecule has 6 heteroatoms. The van der Waals surface area contributed by atoms with Gasteiger partial charge in [0.25, 0.3) is 0 Å². The number of carbonyl (C=O) groups is 2. The smallest absolute Gasteiger partial charge is 0.239 e. The van der Waals surface area contributed by atoms with E-state index in [9.17, 15) is 9.59 Å². The van der Waals surface area contributed by atoms with Crippen molar-refractivity contribution in [2.45, 2.75) is 39.3 Å². The molecule has 3 aromatic rings. The maximum absolute atomic E-state index is 13.7. The SMILES string of the molecule is CC1(C)CC(=O)C2=C(C1)Nc1ccccc1N(CC(=O)NCc1ccccc1Cl)C2c1ccccc1. The van der Waals surface area contributed by atoms with Crippen molar-refractivity contribution in [2.24, 2.45) is 5.41 Å². The molecule has 2 N–H and O–H groups in total. The summed E-state index contributed by atoms with van der Waals surface area (Å²) in [7, 11) is 0. The molecule has 1 heterocycles. The summed E-state index contributed by atoms with van der Waals surface area (Å²) in [5.74, 6) is -0.0184. The van der Waals surface area contributed by atoms with Gasteiger partial charge in [0.15, 0.2) is 5.78 Å². The van der Waals surface area contributed by atoms with Gasteiger partial charge in [0.1, 0.15) is 0 Å². The summed E-state index contributed by atoms with van der Waals surface area (Å²) < 4.78 is 0. The highest BCUT2D eigenvalue weighted by molar-refractivity contribution is 6.31. The van der Waals surface area contributed by atoms with E-state index in [1.54, 1.807) is 0 Å². The Morgan fingerprint density at radius 1 is 1.00 bits per heavy atom. The lowest BCUT2D eigenvalue weighted by atomic mass is 9.73. The van der Waals surface area contributed by atoms with E-state index < -0.39 is 0 Å². The van der Waals surface area contributed by atoms with E-state index in [2.05, 4.69) is 29.4 Å². The number of hydrogen-bond donors (Lipinski definition) is 2. The fourth-order valence-electron chi connectivity index (χ4n) is 5.26. The van der Waals surface area contributed by atoms with Gasteiger partial charge in [-0.25, -0.2) is 0 Å². The van der Waals surface area contributed by atoms with Crippen LogP contribution in [-0.4, -0.2) is 18.2 Å². The summed E-state index contributed by atoms with van der Waals surface area (Å²) in [5.41, 5.74) is 5.18. The molecule has 0 saturated heterocycles. The van der Waals surface area contributed by atoms with Gasteiger partial charge in [0, 0.05) is 29.3 Å². The lowest BCUT2D eigenvalue weighted by Gasteiger charge is -2.37. The van der Waals surface area contributed by atoms with Crippen LogP contribution in [0.1, 0.15) is 43.9 Å². The number of Topliss-reactive ketones (excluding diaryl/α,β-unsaturated/α-hetero) is 1. The Morgan fingerprint density at radius 3 is 2.47 bits per heavy atom. The maximum Gasteiger partial charge on any atom is 0.239 e. The van der Waals surface area contributed by atoms with E-state index in [0.29, 0.717) is 18.0 Å². The van der Waals surface area contributed by atoms with Gasteiger partial charge in [0.2, 0.25) is 5.91 Å². The van der Waals surface area contributed by atoms with E-state index in [1.165, 1.54) is 0 Å². The normalized spacial score (nSPS) is 18.6. The molecule has 0 spiro atoms. The predicted molar refractivity (Wildman–Crippen MR) is 145 cm³/mol. The van der Waals surface area contributed by atoms with Crippen molar-refractivity contribution in [3.63, 3.8) is 0 Å². The fourth-order valence-corrected chi connectivity index (χ4v) is 5.46. The number of anilines is 2. The molecule has 36 heavy (non-hydrogen) atoms. The number of halogens is 1. The number of nitrogens with zero attached hydrogens (tertiary/aromatic N) is 1. The highest BCUT2D eigenvalue weighted by Crippen LogP contribution is 2.48. The zero-order valence-electron chi connectivity index (χ0n) is 20.6. The van der Waals surface area contributed by atoms with E-state index in [4.69, 9.17) is 11.6 Å². The van der Waals surface area contributed by atoms with Crippen LogP contribution in [0.4, 0.5) is 11.4 Å². The lowest BCUT2D eigenvalue weighted by molar-refractivity contribution is -0.120. The van der Waals surface area contributed by atoms with Crippen molar-refractivity contribution in [1.29, 1.82) is 0 Å². The Kier molecular flexibility index (Phi) is 6.59. The molecule has 0 aromatic heterocycles. The number of benzene rings is 3. The summed E-state index contributed by atoms with van der Waals surface area (Å²) >= 11 is 6.29. The Bertz CT molecular complexity index is 1330. The van der Waals surface area contributed by atoms with Gasteiger partial charge in [-0.15, -0.1) is 0 Å². The van der Waals surface area contributed by atoms with Crippen LogP contribution in [0.25, 0.3) is 0 Å². The minimum atomic E-state index is -0.382. The van der Waals surface area contributed by atoms with Gasteiger partial charge < -0.3 is 15.5 Å². The second-order valence-electron chi connectivity index (χ2n) is 10.3. The Morgan fingerprint density at radius 2 is 1.69 bits per heavy atom. The average molecular weight is 500 g/mol. The second-order valence-corrected chi connectivity index (χ2v) is 10.7. The molecule has 5 nitrogen and oxygen atoms in total. The third kappa shape index (κ3) is 4.89. The van der Waals surface area contributed by atoms with E-state index in [1.807, 2.05) is 78.9 Å². The van der Waals surface area contributed by atoms with Crippen molar-refractivity contribution in [2.75, 3.05) is 16.8 Å². The first-order valence-corrected chi connectivity index (χ1v) is 12.6. The molecule has 3 aromatic carbocycles. The van der Waals surface area contributed by atoms with Crippen LogP contribution < -0.4 is 15.5 Å². The Balaban J connectivity index is 1.56. The number of nitrogens with one attached hydrogen (secondary N) is 2. The molecule has 1 aliphatic carbocycles. The van der Waals surface area contributed by atoms with Crippen molar-refractivity contribution >= 4 is 34.7 Å². The second kappa shape index (κ2) is 9.82. The van der Waals surface area contributed by atoms with Gasteiger partial charge in [-0.2, -0.15) is 0 Å². The van der Waals surface area contributed by atoms with Crippen LogP contribution in [0, 0.1) is 5.41 Å². The number of ketones is 1. The van der Waals surface area contributed by atoms with Gasteiger partial charge in [-0.1, -0.05) is 86.1 Å². The van der Waals surface area contributed by atoms with Crippen LogP contribution >= 0.6 is 11.6 Å². The van der Waals surface area contributed by atoms with Gasteiger partial charge >= 0.3 is 0 Å². The van der Waals surface area contributed by atoms with Crippen molar-refractivity contribution in [3.05, 3.63) is 106 Å². The van der Waals surface area contributed by atoms with Crippen LogP contribution in [-0.2, 0) is 16.1 Å². The molecule has 184 valence electrons. The van der Waals surface area contributed by atoms with Crippen molar-refractivity contribution in [1.82, 2.24) is 5.32 Å². The Hall–Kier alpha value is -3.57. The van der Waals surface area contributed by atoms with Gasteiger partial charge in [-0.05, 0) is 41.2 Å². The van der Waals surface area contributed by atoms with Crippen molar-refractivity contribution < 1.29 is 9.59 Å². The quantitative estimate of drug-likeness (QED) is 0.434. The highest BCUT2D eigenvalue weighted by Gasteiger charge is 2.41. The standard InChI is InChI=1S/C30H30ClN3O2/c1-30(2)16-24-28(26(35)17-30)29(20-10-4-3-5-11-20)34(25-15-9-8-14-23(25)33-24)19-27(36)32-18-21-12-6-7-13-22(21)31/h3-15,29,33H,16-19H2,1-2H3,(H,32,36). The fraction of sp³-hybridized carbons (Fsp3) is 0.267. The van der Waals surface area contributed by atoms with E-state index in [-0.39, 0.29) is 29.7 Å². The number of fused-ring (bicyclic) bond motifs is 1. The van der Waals surface area contributed by atoms with Gasteiger partial charge in [-0.3, -0.25) is 9.59 Å². The molecule has 1 amide bonds.